The summed E-state index contributed by atoms with van der Waals surface area (Å²) in [5, 5.41) is 59.7. The number of hydrogen-bond donors (Lipinski definition) is 6. The number of esters is 1. The van der Waals surface area contributed by atoms with Crippen molar-refractivity contribution in [2.75, 3.05) is 6.61 Å². The quantitative estimate of drug-likeness (QED) is 0.156. The van der Waals surface area contributed by atoms with Crippen molar-refractivity contribution >= 4 is 18.0 Å². The van der Waals surface area contributed by atoms with Gasteiger partial charge in [-0.1, -0.05) is 18.7 Å². The maximum atomic E-state index is 12.5. The number of carboxylic acids is 1. The Morgan fingerprint density at radius 1 is 1.11 bits per heavy atom. The highest BCUT2D eigenvalue weighted by molar-refractivity contribution is 5.88. The van der Waals surface area contributed by atoms with Crippen molar-refractivity contribution in [1.29, 1.82) is 0 Å². The average Bonchev–Trinajstić information content (AvgIpc) is 3.17. The first kappa shape index (κ1) is 26.8. The van der Waals surface area contributed by atoms with E-state index in [1.54, 1.807) is 12.1 Å². The largest absolute Gasteiger partial charge is 0.508 e. The van der Waals surface area contributed by atoms with Crippen LogP contribution in [0.2, 0.25) is 0 Å². The van der Waals surface area contributed by atoms with Crippen LogP contribution in [0.1, 0.15) is 12.0 Å². The summed E-state index contributed by atoms with van der Waals surface area (Å²) in [6.45, 7) is 3.14. The lowest BCUT2D eigenvalue weighted by Gasteiger charge is -2.43. The van der Waals surface area contributed by atoms with Crippen molar-refractivity contribution in [2.45, 2.75) is 49.5 Å². The third-order valence-corrected chi connectivity index (χ3v) is 6.69. The Morgan fingerprint density at radius 2 is 1.81 bits per heavy atom. The maximum Gasteiger partial charge on any atom is 0.334 e. The molecule has 12 nitrogen and oxygen atoms in total. The molecule has 1 aromatic rings. The maximum absolute atomic E-state index is 12.5. The van der Waals surface area contributed by atoms with E-state index >= 15 is 0 Å². The topological polar surface area (TPSA) is 192 Å². The van der Waals surface area contributed by atoms with E-state index in [9.17, 15) is 40.2 Å². The average molecular weight is 520 g/mol. The van der Waals surface area contributed by atoms with E-state index in [0.29, 0.717) is 5.56 Å². The summed E-state index contributed by atoms with van der Waals surface area (Å²) in [6.07, 6.45) is -6.44. The lowest BCUT2D eigenvalue weighted by molar-refractivity contribution is -0.340. The first-order chi connectivity index (χ1) is 17.6. The molecule has 0 bridgehead atoms. The Bertz CT molecular complexity index is 1080. The minimum atomic E-state index is -1.72. The van der Waals surface area contributed by atoms with Crippen LogP contribution < -0.4 is 0 Å². The highest BCUT2D eigenvalue weighted by Gasteiger charge is 2.53. The van der Waals surface area contributed by atoms with Gasteiger partial charge in [-0.15, -0.1) is 0 Å². The molecule has 2 fully saturated rings. The zero-order chi connectivity index (χ0) is 26.9. The van der Waals surface area contributed by atoms with Crippen LogP contribution in [0.3, 0.4) is 0 Å². The summed E-state index contributed by atoms with van der Waals surface area (Å²) in [4.78, 5) is 24.2. The molecule has 1 saturated carbocycles. The molecule has 1 aromatic carbocycles. The Kier molecular flexibility index (Phi) is 7.97. The predicted molar refractivity (Wildman–Crippen MR) is 123 cm³/mol. The predicted octanol–water partition coefficient (Wildman–Crippen LogP) is -0.349. The second-order valence-corrected chi connectivity index (χ2v) is 9.01. The third-order valence-electron chi connectivity index (χ3n) is 6.69. The van der Waals surface area contributed by atoms with Gasteiger partial charge in [-0.3, -0.25) is 0 Å². The second kappa shape index (κ2) is 11.0. The molecule has 0 radical (unpaired) electrons. The molecule has 1 aliphatic carbocycles. The van der Waals surface area contributed by atoms with Crippen LogP contribution in [-0.2, 0) is 28.5 Å². The molecule has 1 saturated heterocycles. The fourth-order valence-corrected chi connectivity index (χ4v) is 4.69. The van der Waals surface area contributed by atoms with E-state index in [1.807, 2.05) is 0 Å². The van der Waals surface area contributed by atoms with E-state index in [1.165, 1.54) is 18.2 Å². The van der Waals surface area contributed by atoms with Gasteiger partial charge < -0.3 is 49.6 Å². The first-order valence-electron chi connectivity index (χ1n) is 11.5. The first-order valence-corrected chi connectivity index (χ1v) is 11.5. The molecular formula is C25H28O12. The minimum Gasteiger partial charge on any atom is -0.508 e. The molecule has 0 aromatic heterocycles. The van der Waals surface area contributed by atoms with Gasteiger partial charge in [-0.25, -0.2) is 9.59 Å². The summed E-state index contributed by atoms with van der Waals surface area (Å²) in [6, 6.07) is 5.96. The van der Waals surface area contributed by atoms with Gasteiger partial charge in [-0.05, 0) is 35.8 Å². The number of aliphatic hydroxyl groups is 4. The zero-order valence-electron chi connectivity index (χ0n) is 19.5. The SMILES string of the molecule is C=C1[C@H]2[C@H](O[C@H]3O[C@@H](CO)[C@@H](O)[C@@H](O)[C@H]3OC(=O)/C=C/c3ccc(O)cc3)OC=C(C(=O)O)[C@H]2C[C@H]1O. The number of benzene rings is 1. The number of ether oxygens (including phenoxy) is 4. The highest BCUT2D eigenvalue weighted by Crippen LogP contribution is 2.46. The lowest BCUT2D eigenvalue weighted by Crippen LogP contribution is -2.61. The normalized spacial score (nSPS) is 35.5. The van der Waals surface area contributed by atoms with E-state index in [0.717, 1.165) is 12.3 Å². The van der Waals surface area contributed by atoms with Crippen molar-refractivity contribution < 1.29 is 59.2 Å². The monoisotopic (exact) mass is 520 g/mol. The summed E-state index contributed by atoms with van der Waals surface area (Å²) >= 11 is 0. The third kappa shape index (κ3) is 5.54. The molecule has 9 atom stereocenters. The van der Waals surface area contributed by atoms with E-state index in [-0.39, 0.29) is 23.3 Å². The minimum absolute atomic E-state index is 0.0459. The number of phenols is 1. The van der Waals surface area contributed by atoms with Crippen molar-refractivity contribution in [3.63, 3.8) is 0 Å². The van der Waals surface area contributed by atoms with Gasteiger partial charge in [0.1, 0.15) is 24.1 Å². The number of aromatic hydroxyl groups is 1. The van der Waals surface area contributed by atoms with Crippen LogP contribution in [-0.4, -0.2) is 92.3 Å². The van der Waals surface area contributed by atoms with Crippen molar-refractivity contribution in [2.24, 2.45) is 11.8 Å². The number of phenolic OH excluding ortho intramolecular Hbond substituents is 1. The molecule has 37 heavy (non-hydrogen) atoms. The van der Waals surface area contributed by atoms with Crippen molar-refractivity contribution in [3.05, 3.63) is 59.9 Å². The van der Waals surface area contributed by atoms with Crippen molar-refractivity contribution in [3.8, 4) is 5.75 Å². The van der Waals surface area contributed by atoms with Crippen LogP contribution >= 0.6 is 0 Å². The summed E-state index contributed by atoms with van der Waals surface area (Å²) in [5.74, 6) is -3.57. The standard InChI is InChI=1S/C25H28O12/c1-11-16(28)8-14-15(23(32)33)10-34-24(19(11)14)37-25-22(21(31)20(30)17(9-26)35-25)36-18(29)7-4-12-2-5-13(27)6-3-12/h2-7,10,14,16-17,19-22,24-28,30-31H,1,8-9H2,(H,32,33)/b7-4+/t14-,16-,17+,19-,20-,21-,22-,24+,25-/m1/s1. The summed E-state index contributed by atoms with van der Waals surface area (Å²) in [7, 11) is 0. The van der Waals surface area contributed by atoms with Gasteiger partial charge in [0, 0.05) is 12.0 Å². The number of hydrogen-bond acceptors (Lipinski definition) is 11. The number of aliphatic carboxylic acids is 1. The van der Waals surface area contributed by atoms with Crippen LogP contribution in [0.25, 0.3) is 6.08 Å². The molecule has 4 rings (SSSR count). The van der Waals surface area contributed by atoms with Gasteiger partial charge in [0.15, 0.2) is 6.10 Å². The van der Waals surface area contributed by atoms with Gasteiger partial charge in [-0.2, -0.15) is 0 Å². The van der Waals surface area contributed by atoms with Crippen LogP contribution in [0.15, 0.2) is 54.3 Å². The zero-order valence-corrected chi connectivity index (χ0v) is 19.5. The van der Waals surface area contributed by atoms with Crippen molar-refractivity contribution in [1.82, 2.24) is 0 Å². The van der Waals surface area contributed by atoms with Crippen LogP contribution in [0.5, 0.6) is 5.75 Å². The molecule has 12 heteroatoms. The number of rotatable bonds is 7. The van der Waals surface area contributed by atoms with Gasteiger partial charge in [0.2, 0.25) is 12.6 Å². The number of carbonyl (C=O) groups excluding carboxylic acids is 1. The molecule has 3 aliphatic rings. The Morgan fingerprint density at radius 3 is 2.46 bits per heavy atom. The van der Waals surface area contributed by atoms with Gasteiger partial charge >= 0.3 is 11.9 Å². The molecule has 6 N–H and O–H groups in total. The van der Waals surface area contributed by atoms with E-state index in [4.69, 9.17) is 18.9 Å². The number of fused-ring (bicyclic) bond motifs is 1. The molecular weight excluding hydrogens is 492 g/mol. The Balaban J connectivity index is 1.54. The molecule has 0 unspecified atom stereocenters. The number of carboxylic acid groups (broad SMARTS) is 1. The summed E-state index contributed by atoms with van der Waals surface area (Å²) in [5.41, 5.74) is 0.782. The van der Waals surface area contributed by atoms with E-state index in [2.05, 4.69) is 6.58 Å². The van der Waals surface area contributed by atoms with Crippen LogP contribution in [0, 0.1) is 11.8 Å². The molecule has 200 valence electrons. The Hall–Kier alpha value is -3.26. The molecule has 2 aliphatic heterocycles. The second-order valence-electron chi connectivity index (χ2n) is 9.01. The van der Waals surface area contributed by atoms with Gasteiger partial charge in [0.25, 0.3) is 0 Å². The summed E-state index contributed by atoms with van der Waals surface area (Å²) < 4.78 is 22.3. The molecule has 0 spiro atoms. The van der Waals surface area contributed by atoms with E-state index < -0.39 is 73.5 Å². The fraction of sp³-hybridized carbons (Fsp3) is 0.440. The molecule has 0 amide bonds. The highest BCUT2D eigenvalue weighted by atomic mass is 16.8. The van der Waals surface area contributed by atoms with Gasteiger partial charge in [0.05, 0.1) is 30.5 Å². The smallest absolute Gasteiger partial charge is 0.334 e. The number of aliphatic hydroxyl groups excluding tert-OH is 4. The van der Waals surface area contributed by atoms with Crippen LogP contribution in [0.4, 0.5) is 0 Å². The Labute approximate surface area is 211 Å². The number of carbonyl (C=O) groups is 2. The fourth-order valence-electron chi connectivity index (χ4n) is 4.69. The lowest BCUT2D eigenvalue weighted by atomic mass is 9.85. The molecule has 2 heterocycles.